The van der Waals surface area contributed by atoms with Crippen molar-refractivity contribution >= 4 is 0 Å². The van der Waals surface area contributed by atoms with Gasteiger partial charge in [-0.05, 0) is 79.2 Å². The van der Waals surface area contributed by atoms with Crippen molar-refractivity contribution in [3.8, 4) is 6.07 Å². The summed E-state index contributed by atoms with van der Waals surface area (Å²) in [6.07, 6.45) is 21.4. The molecule has 0 bridgehead atoms. The number of nitrogens with zero attached hydrogens (tertiary/aromatic N) is 4. The van der Waals surface area contributed by atoms with Gasteiger partial charge in [0, 0.05) is 48.4 Å². The van der Waals surface area contributed by atoms with Gasteiger partial charge in [0.05, 0.1) is 12.6 Å². The molecule has 4 heteroatoms. The van der Waals surface area contributed by atoms with Gasteiger partial charge in [-0.15, -0.1) is 0 Å². The molecule has 0 aromatic rings. The van der Waals surface area contributed by atoms with Gasteiger partial charge >= 0.3 is 0 Å². The number of hydrogen-bond acceptors (Lipinski definition) is 3. The van der Waals surface area contributed by atoms with Crippen LogP contribution in [0.4, 0.5) is 0 Å². The van der Waals surface area contributed by atoms with Crippen LogP contribution in [0.1, 0.15) is 91.9 Å². The van der Waals surface area contributed by atoms with Crippen molar-refractivity contribution in [2.24, 2.45) is 22.7 Å². The monoisotopic (exact) mass is 510 g/mol. The van der Waals surface area contributed by atoms with Crippen LogP contribution in [0.5, 0.6) is 0 Å². The van der Waals surface area contributed by atoms with Gasteiger partial charge in [0.1, 0.15) is 0 Å². The fourth-order valence-electron chi connectivity index (χ4n) is 9.00. The summed E-state index contributed by atoms with van der Waals surface area (Å²) < 4.78 is 0. The number of hydrogen-bond donors (Lipinski definition) is 0. The highest BCUT2D eigenvalue weighted by Gasteiger charge is 2.50. The number of likely N-dealkylation sites (tertiary alicyclic amines) is 2. The Morgan fingerprint density at radius 2 is 1.21 bits per heavy atom. The van der Waals surface area contributed by atoms with E-state index >= 15 is 0 Å². The lowest BCUT2D eigenvalue weighted by atomic mass is 9.71. The Morgan fingerprint density at radius 1 is 0.789 bits per heavy atom. The second-order valence-corrected chi connectivity index (χ2v) is 13.5. The zero-order valence-electron chi connectivity index (χ0n) is 24.5. The van der Waals surface area contributed by atoms with E-state index in [9.17, 15) is 5.26 Å². The highest BCUT2D eigenvalue weighted by molar-refractivity contribution is 5.61. The Morgan fingerprint density at radius 3 is 1.58 bits per heavy atom. The zero-order chi connectivity index (χ0) is 27.2. The van der Waals surface area contributed by atoms with E-state index in [1.807, 2.05) is 0 Å². The smallest absolute Gasteiger partial charge is 0.269 e. The van der Waals surface area contributed by atoms with E-state index in [1.54, 1.807) is 0 Å². The van der Waals surface area contributed by atoms with Crippen molar-refractivity contribution in [1.82, 2.24) is 9.80 Å². The molecule has 0 amide bonds. The van der Waals surface area contributed by atoms with Gasteiger partial charge in [0.15, 0.2) is 0 Å². The standard InChI is InChI=1S/C34H46N4/c1-33(2)25-12-8-10-14-28(25)37(6)30(33)20-18-23-16-17-24(32(23)27(22-35)36-5)19-21-31-34(3,4)26-13-9-11-15-29(26)38(31)7/h18-21,25-26,28-29H,8-17H2,1-4,6-7H3. The van der Waals surface area contributed by atoms with Gasteiger partial charge in [0.25, 0.3) is 5.70 Å². The Bertz CT molecular complexity index is 1120. The zero-order valence-corrected chi connectivity index (χ0v) is 24.5. The lowest BCUT2D eigenvalue weighted by Gasteiger charge is -2.33. The summed E-state index contributed by atoms with van der Waals surface area (Å²) in [7, 11) is 4.53. The van der Waals surface area contributed by atoms with E-state index in [0.29, 0.717) is 23.9 Å². The number of fused-ring (bicyclic) bond motifs is 2. The largest absolute Gasteiger partial charge is 0.374 e. The van der Waals surface area contributed by atoms with Crippen LogP contribution in [-0.2, 0) is 0 Å². The lowest BCUT2D eigenvalue weighted by Crippen LogP contribution is -2.32. The Balaban J connectivity index is 1.49. The number of nitriles is 1. The highest BCUT2D eigenvalue weighted by atomic mass is 15.2. The summed E-state index contributed by atoms with van der Waals surface area (Å²) >= 11 is 0. The van der Waals surface area contributed by atoms with Crippen molar-refractivity contribution in [2.75, 3.05) is 14.1 Å². The molecule has 0 spiro atoms. The van der Waals surface area contributed by atoms with Crippen LogP contribution < -0.4 is 0 Å². The Hall–Kier alpha value is -2.72. The highest BCUT2D eigenvalue weighted by Crippen LogP contribution is 2.54. The van der Waals surface area contributed by atoms with Gasteiger partial charge in [-0.1, -0.05) is 65.5 Å². The third-order valence-electron chi connectivity index (χ3n) is 11.0. The van der Waals surface area contributed by atoms with Crippen molar-refractivity contribution in [3.63, 3.8) is 0 Å². The van der Waals surface area contributed by atoms with E-state index in [2.05, 4.69) is 86.8 Å². The topological polar surface area (TPSA) is 34.6 Å². The molecule has 4 atom stereocenters. The molecule has 2 heterocycles. The molecule has 0 N–H and O–H groups in total. The molecule has 3 saturated carbocycles. The molecule has 4 unspecified atom stereocenters. The maximum atomic E-state index is 9.89. The molecule has 0 radical (unpaired) electrons. The van der Waals surface area contributed by atoms with Crippen LogP contribution >= 0.6 is 0 Å². The third-order valence-corrected chi connectivity index (χ3v) is 11.0. The Kier molecular flexibility index (Phi) is 7.15. The molecule has 5 fully saturated rings. The van der Waals surface area contributed by atoms with Gasteiger partial charge in [-0.25, -0.2) is 10.1 Å². The van der Waals surface area contributed by atoms with E-state index in [0.717, 1.165) is 29.6 Å². The van der Waals surface area contributed by atoms with Crippen LogP contribution in [0.25, 0.3) is 4.85 Å². The second kappa shape index (κ2) is 10.1. The third kappa shape index (κ3) is 4.25. The van der Waals surface area contributed by atoms with E-state index in [-0.39, 0.29) is 16.5 Å². The predicted octanol–water partition coefficient (Wildman–Crippen LogP) is 8.16. The summed E-state index contributed by atoms with van der Waals surface area (Å²) in [5, 5.41) is 9.89. The molecular weight excluding hydrogens is 464 g/mol. The van der Waals surface area contributed by atoms with Gasteiger partial charge in [-0.2, -0.15) is 0 Å². The van der Waals surface area contributed by atoms with Crippen molar-refractivity contribution in [3.05, 3.63) is 69.5 Å². The van der Waals surface area contributed by atoms with Crippen LogP contribution in [0.15, 0.2) is 58.1 Å². The first-order valence-corrected chi connectivity index (χ1v) is 14.9. The SMILES string of the molecule is [C-]#[N+]C(C#N)=C1C(=CC=C2N(C)C3CCCCC3C2(C)C)CCC1=CC=C1N(C)C2CCCCC2C1(C)C. The molecule has 0 aromatic carbocycles. The van der Waals surface area contributed by atoms with E-state index in [4.69, 9.17) is 6.57 Å². The molecule has 4 nitrogen and oxygen atoms in total. The van der Waals surface area contributed by atoms with Crippen LogP contribution in [0.3, 0.4) is 0 Å². The average Bonchev–Trinajstić information content (AvgIpc) is 3.45. The molecule has 0 aromatic heterocycles. The quantitative estimate of drug-likeness (QED) is 0.278. The van der Waals surface area contributed by atoms with Gasteiger partial charge < -0.3 is 9.80 Å². The van der Waals surface area contributed by atoms with Crippen LogP contribution in [-0.4, -0.2) is 36.0 Å². The molecule has 2 saturated heterocycles. The molecular formula is C34H46N4. The van der Waals surface area contributed by atoms with Crippen molar-refractivity contribution in [1.29, 1.82) is 5.26 Å². The van der Waals surface area contributed by atoms with Crippen molar-refractivity contribution in [2.45, 2.75) is 104 Å². The van der Waals surface area contributed by atoms with E-state index in [1.165, 1.54) is 62.8 Å². The molecule has 2 aliphatic heterocycles. The predicted molar refractivity (Wildman–Crippen MR) is 155 cm³/mol. The van der Waals surface area contributed by atoms with Crippen LogP contribution in [0, 0.1) is 40.6 Å². The minimum absolute atomic E-state index is 0.149. The summed E-state index contributed by atoms with van der Waals surface area (Å²) in [4.78, 5) is 8.73. The van der Waals surface area contributed by atoms with Gasteiger partial charge in [-0.3, -0.25) is 0 Å². The molecule has 3 aliphatic carbocycles. The first-order valence-electron chi connectivity index (χ1n) is 14.9. The van der Waals surface area contributed by atoms with Crippen molar-refractivity contribution < 1.29 is 0 Å². The summed E-state index contributed by atoms with van der Waals surface area (Å²) in [6, 6.07) is 3.50. The summed E-state index contributed by atoms with van der Waals surface area (Å²) in [6.45, 7) is 17.4. The average molecular weight is 511 g/mol. The number of allylic oxidation sites excluding steroid dienone is 10. The second-order valence-electron chi connectivity index (χ2n) is 13.5. The molecule has 38 heavy (non-hydrogen) atoms. The lowest BCUT2D eigenvalue weighted by molar-refractivity contribution is 0.183. The fourth-order valence-corrected chi connectivity index (χ4v) is 9.00. The number of rotatable bonds is 2. The summed E-state index contributed by atoms with van der Waals surface area (Å²) in [5.74, 6) is 1.42. The first kappa shape index (κ1) is 26.9. The Labute approximate surface area is 231 Å². The fraction of sp³-hybridized carbons (Fsp3) is 0.647. The maximum absolute atomic E-state index is 9.89. The van der Waals surface area contributed by atoms with Gasteiger partial charge in [0.2, 0.25) is 0 Å². The minimum atomic E-state index is 0.149. The maximum Gasteiger partial charge on any atom is 0.269 e. The molecule has 5 rings (SSSR count). The molecule has 5 aliphatic rings. The summed E-state index contributed by atoms with van der Waals surface area (Å²) in [5.41, 5.74) is 6.49. The normalized spacial score (nSPS) is 36.1. The van der Waals surface area contributed by atoms with E-state index < -0.39 is 0 Å². The minimum Gasteiger partial charge on any atom is -0.374 e. The first-order chi connectivity index (χ1) is 18.1. The van der Waals surface area contributed by atoms with Crippen LogP contribution in [0.2, 0.25) is 0 Å². The molecule has 202 valence electrons.